The Labute approximate surface area is 190 Å². The van der Waals surface area contributed by atoms with Gasteiger partial charge >= 0.3 is 0 Å². The molecule has 7 heteroatoms. The maximum absolute atomic E-state index is 13.4. The summed E-state index contributed by atoms with van der Waals surface area (Å²) < 4.78 is 0. The first-order valence-electron chi connectivity index (χ1n) is 11.4. The van der Waals surface area contributed by atoms with E-state index >= 15 is 0 Å². The zero-order valence-electron chi connectivity index (χ0n) is 18.7. The topological polar surface area (TPSA) is 117 Å². The molecule has 0 saturated carbocycles. The Balaban J connectivity index is 1.60. The van der Waals surface area contributed by atoms with Crippen LogP contribution in [0.25, 0.3) is 0 Å². The lowest BCUT2D eigenvalue weighted by molar-refractivity contribution is -0.134. The number of aromatic hydroxyl groups is 1. The van der Waals surface area contributed by atoms with Gasteiger partial charge in [0.2, 0.25) is 5.91 Å². The molecule has 6 N–H and O–H groups in total. The summed E-state index contributed by atoms with van der Waals surface area (Å²) in [5.74, 6) is 0.479. The number of carbonyl (C=O) groups is 1. The van der Waals surface area contributed by atoms with Crippen LogP contribution in [0.4, 0.5) is 0 Å². The molecule has 0 saturated heterocycles. The molecule has 7 nitrogen and oxygen atoms in total. The highest BCUT2D eigenvalue weighted by atomic mass is 16.3. The molecule has 2 aromatic rings. The molecule has 172 valence electrons. The second-order valence-corrected chi connectivity index (χ2v) is 8.36. The lowest BCUT2D eigenvalue weighted by atomic mass is 10.0. The normalized spacial score (nSPS) is 14.3. The number of aliphatic imine (C=N–C) groups is 1. The Bertz CT molecular complexity index is 896. The van der Waals surface area contributed by atoms with Crippen LogP contribution >= 0.6 is 0 Å². The zero-order chi connectivity index (χ0) is 22.8. The number of fused-ring (bicyclic) bond motifs is 1. The predicted octanol–water partition coefficient (Wildman–Crippen LogP) is 2.31. The average Bonchev–Trinajstić information content (AvgIpc) is 3.00. The highest BCUT2D eigenvalue weighted by Crippen LogP contribution is 2.23. The van der Waals surface area contributed by atoms with Gasteiger partial charge in [0, 0.05) is 19.6 Å². The number of phenols is 1. The van der Waals surface area contributed by atoms with Crippen LogP contribution < -0.4 is 16.8 Å². The molecule has 1 aliphatic rings. The van der Waals surface area contributed by atoms with Crippen molar-refractivity contribution >= 4 is 11.9 Å². The van der Waals surface area contributed by atoms with E-state index in [1.54, 1.807) is 6.07 Å². The Morgan fingerprint density at radius 2 is 1.94 bits per heavy atom. The number of hydrogen-bond acceptors (Lipinski definition) is 4. The number of benzene rings is 2. The fraction of sp³-hybridized carbons (Fsp3) is 0.440. The van der Waals surface area contributed by atoms with Gasteiger partial charge in [-0.15, -0.1) is 0 Å². The zero-order valence-corrected chi connectivity index (χ0v) is 18.7. The van der Waals surface area contributed by atoms with Gasteiger partial charge in [-0.1, -0.05) is 36.4 Å². The fourth-order valence-electron chi connectivity index (χ4n) is 4.18. The van der Waals surface area contributed by atoms with Gasteiger partial charge in [0.05, 0.1) is 6.04 Å². The van der Waals surface area contributed by atoms with Crippen LogP contribution in [-0.4, -0.2) is 47.5 Å². The van der Waals surface area contributed by atoms with E-state index in [1.165, 1.54) is 5.56 Å². The average molecular weight is 438 g/mol. The van der Waals surface area contributed by atoms with Gasteiger partial charge in [0.1, 0.15) is 5.75 Å². The Morgan fingerprint density at radius 1 is 1.12 bits per heavy atom. The highest BCUT2D eigenvalue weighted by molar-refractivity contribution is 5.82. The minimum absolute atomic E-state index is 0.0797. The third kappa shape index (κ3) is 7.27. The molecular weight excluding hydrogens is 402 g/mol. The van der Waals surface area contributed by atoms with Crippen molar-refractivity contribution in [1.29, 1.82) is 0 Å². The Morgan fingerprint density at radius 3 is 2.72 bits per heavy atom. The molecule has 0 bridgehead atoms. The SMILES string of the molecule is NC(N)=NCCC[C@@H](NCCCc1ccccc1)C(=O)N1CCCc2cc(O)ccc2C1. The Kier molecular flexibility index (Phi) is 8.92. The fourth-order valence-corrected chi connectivity index (χ4v) is 4.18. The van der Waals surface area contributed by atoms with Crippen molar-refractivity contribution in [3.05, 3.63) is 65.2 Å². The van der Waals surface area contributed by atoms with E-state index in [0.717, 1.165) is 49.8 Å². The van der Waals surface area contributed by atoms with E-state index < -0.39 is 0 Å². The van der Waals surface area contributed by atoms with Gasteiger partial charge in [0.15, 0.2) is 5.96 Å². The first kappa shape index (κ1) is 23.6. The quantitative estimate of drug-likeness (QED) is 0.259. The van der Waals surface area contributed by atoms with Crippen LogP contribution in [0.15, 0.2) is 53.5 Å². The summed E-state index contributed by atoms with van der Waals surface area (Å²) in [5.41, 5.74) is 14.4. The monoisotopic (exact) mass is 437 g/mol. The van der Waals surface area contributed by atoms with Gasteiger partial charge in [-0.25, -0.2) is 0 Å². The number of carbonyl (C=O) groups excluding carboxylic acids is 1. The molecule has 2 aromatic carbocycles. The third-order valence-corrected chi connectivity index (χ3v) is 5.86. The number of phenolic OH excluding ortho intramolecular Hbond substituents is 1. The minimum atomic E-state index is -0.265. The number of aryl methyl sites for hydroxylation is 2. The number of nitrogens with one attached hydrogen (secondary N) is 1. The third-order valence-electron chi connectivity index (χ3n) is 5.86. The molecule has 0 fully saturated rings. The van der Waals surface area contributed by atoms with Crippen LogP contribution in [0.5, 0.6) is 5.75 Å². The number of amides is 1. The molecule has 1 atom stereocenters. The largest absolute Gasteiger partial charge is 0.508 e. The van der Waals surface area contributed by atoms with Gasteiger partial charge < -0.3 is 26.8 Å². The molecule has 0 unspecified atom stereocenters. The Hall–Kier alpha value is -3.06. The van der Waals surface area contributed by atoms with Crippen LogP contribution in [0.1, 0.15) is 42.4 Å². The van der Waals surface area contributed by atoms with Crippen LogP contribution in [0, 0.1) is 0 Å². The van der Waals surface area contributed by atoms with Gasteiger partial charge in [-0.2, -0.15) is 0 Å². The molecule has 0 radical (unpaired) electrons. The van der Waals surface area contributed by atoms with Crippen molar-refractivity contribution < 1.29 is 9.90 Å². The van der Waals surface area contributed by atoms with E-state index in [1.807, 2.05) is 23.1 Å². The molecule has 0 spiro atoms. The molecule has 0 aromatic heterocycles. The molecule has 1 heterocycles. The van der Waals surface area contributed by atoms with Crippen LogP contribution in [-0.2, 0) is 24.2 Å². The lowest BCUT2D eigenvalue weighted by Crippen LogP contribution is -2.46. The smallest absolute Gasteiger partial charge is 0.240 e. The van der Waals surface area contributed by atoms with Crippen LogP contribution in [0.3, 0.4) is 0 Å². The predicted molar refractivity (Wildman–Crippen MR) is 128 cm³/mol. The molecular formula is C25H35N5O2. The summed E-state index contributed by atoms with van der Waals surface area (Å²) in [6.45, 7) is 2.57. The van der Waals surface area contributed by atoms with E-state index in [0.29, 0.717) is 26.1 Å². The first-order chi connectivity index (χ1) is 15.5. The standard InChI is InChI=1S/C25H35N5O2/c26-25(27)29-15-5-11-23(28-14-4-9-19-7-2-1-3-8-19)24(32)30-16-6-10-20-17-22(31)13-12-21(20)18-30/h1-3,7-8,12-13,17,23,28,31H,4-6,9-11,14-16,18H2,(H4,26,27,29)/t23-/m1/s1. The summed E-state index contributed by atoms with van der Waals surface area (Å²) >= 11 is 0. The van der Waals surface area contributed by atoms with E-state index in [9.17, 15) is 9.90 Å². The molecule has 0 aliphatic carbocycles. The number of rotatable bonds is 10. The summed E-state index contributed by atoms with van der Waals surface area (Å²) in [6.07, 6.45) is 5.11. The van der Waals surface area contributed by atoms with Crippen LogP contribution in [0.2, 0.25) is 0 Å². The van der Waals surface area contributed by atoms with Gasteiger partial charge in [0.25, 0.3) is 0 Å². The lowest BCUT2D eigenvalue weighted by Gasteiger charge is -2.27. The van der Waals surface area contributed by atoms with E-state index in [4.69, 9.17) is 11.5 Å². The minimum Gasteiger partial charge on any atom is -0.508 e. The number of nitrogens with two attached hydrogens (primary N) is 2. The summed E-state index contributed by atoms with van der Waals surface area (Å²) in [7, 11) is 0. The molecule has 3 rings (SSSR count). The van der Waals surface area contributed by atoms with Crippen molar-refractivity contribution in [2.75, 3.05) is 19.6 Å². The highest BCUT2D eigenvalue weighted by Gasteiger charge is 2.26. The molecule has 1 amide bonds. The van der Waals surface area contributed by atoms with E-state index in [2.05, 4.69) is 34.6 Å². The van der Waals surface area contributed by atoms with Gasteiger partial charge in [-0.05, 0) is 73.9 Å². The summed E-state index contributed by atoms with van der Waals surface area (Å²) in [4.78, 5) is 19.4. The first-order valence-corrected chi connectivity index (χ1v) is 11.4. The van der Waals surface area contributed by atoms with Crippen molar-refractivity contribution in [2.45, 2.75) is 51.1 Å². The number of guanidine groups is 1. The van der Waals surface area contributed by atoms with Gasteiger partial charge in [-0.3, -0.25) is 9.79 Å². The van der Waals surface area contributed by atoms with E-state index in [-0.39, 0.29) is 23.7 Å². The van der Waals surface area contributed by atoms with Crippen molar-refractivity contribution in [3.63, 3.8) is 0 Å². The second-order valence-electron chi connectivity index (χ2n) is 8.36. The van der Waals surface area contributed by atoms with Crippen molar-refractivity contribution in [3.8, 4) is 5.75 Å². The second kappa shape index (κ2) is 12.1. The number of hydrogen-bond donors (Lipinski definition) is 4. The van der Waals surface area contributed by atoms with Crippen molar-refractivity contribution in [1.82, 2.24) is 10.2 Å². The maximum Gasteiger partial charge on any atom is 0.240 e. The molecule has 1 aliphatic heterocycles. The summed E-state index contributed by atoms with van der Waals surface area (Å²) in [5, 5.41) is 13.3. The summed E-state index contributed by atoms with van der Waals surface area (Å²) in [6, 6.07) is 15.6. The number of nitrogens with zero attached hydrogens (tertiary/aromatic N) is 2. The molecule has 32 heavy (non-hydrogen) atoms. The maximum atomic E-state index is 13.4. The van der Waals surface area contributed by atoms with Crippen molar-refractivity contribution in [2.24, 2.45) is 16.5 Å².